The maximum atomic E-state index is 13.4. The SMILES string of the molecule is O=c1c2cc3c(=O)n4c(=O)c3cc2c(=O)n1Cc1ccc(cc1)Cn1c(=O)c2cc3c(=O)n(c(=O)c3cc2c1=O)Cc1ccc(cc1)C4. The fraction of sp³-hybridized carbons (Fsp3) is 0.111. The molecular formula is C36H20N4O8. The van der Waals surface area contributed by atoms with Crippen LogP contribution in [0.5, 0.6) is 0 Å². The smallest absolute Gasteiger partial charge is 0.261 e. The minimum absolute atomic E-state index is 0.0381. The van der Waals surface area contributed by atoms with E-state index in [1.807, 2.05) is 0 Å². The zero-order chi connectivity index (χ0) is 33.2. The molecule has 0 amide bonds. The molecule has 0 saturated carbocycles. The summed E-state index contributed by atoms with van der Waals surface area (Å²) in [5, 5.41) is 0.305. The Morgan fingerprint density at radius 3 is 0.562 bits per heavy atom. The lowest BCUT2D eigenvalue weighted by Gasteiger charge is -2.05. The second kappa shape index (κ2) is 9.48. The molecule has 12 nitrogen and oxygen atoms in total. The fourth-order valence-electron chi connectivity index (χ4n) is 6.95. The average molecular weight is 637 g/mol. The predicted octanol–water partition coefficient (Wildman–Crippen LogP) is 0.645. The molecule has 12 heteroatoms. The molecule has 0 saturated heterocycles. The first-order valence-corrected chi connectivity index (χ1v) is 15.1. The van der Waals surface area contributed by atoms with Gasteiger partial charge < -0.3 is 0 Å². The maximum absolute atomic E-state index is 13.4. The third kappa shape index (κ3) is 3.70. The van der Waals surface area contributed by atoms with Crippen molar-refractivity contribution in [2.75, 3.05) is 0 Å². The van der Waals surface area contributed by atoms with Crippen LogP contribution in [0.3, 0.4) is 0 Å². The largest absolute Gasteiger partial charge is 0.270 e. The monoisotopic (exact) mass is 636 g/mol. The molecule has 0 aliphatic carbocycles. The van der Waals surface area contributed by atoms with E-state index in [4.69, 9.17) is 0 Å². The molecule has 232 valence electrons. The van der Waals surface area contributed by atoms with Crippen molar-refractivity contribution in [2.45, 2.75) is 26.2 Å². The van der Waals surface area contributed by atoms with E-state index in [1.165, 1.54) is 24.3 Å². The summed E-state index contributed by atoms with van der Waals surface area (Å²) in [6, 6.07) is 18.6. The van der Waals surface area contributed by atoms with Gasteiger partial charge in [-0.15, -0.1) is 0 Å². The molecule has 4 aromatic carbocycles. The summed E-state index contributed by atoms with van der Waals surface area (Å²) in [4.78, 5) is 107. The molecular weight excluding hydrogens is 616 g/mol. The minimum atomic E-state index is -0.588. The number of rotatable bonds is 0. The molecule has 48 heavy (non-hydrogen) atoms. The van der Waals surface area contributed by atoms with E-state index < -0.39 is 44.5 Å². The normalized spacial score (nSPS) is 13.3. The van der Waals surface area contributed by atoms with Crippen LogP contribution in [0.25, 0.3) is 43.1 Å². The standard InChI is InChI=1S/C36H20N4O8/c41-29-21-9-25-26-10-22(21)30(42)37(29)13-17-1-2-18(4-3-17)14-38-31(43)23-11-27-28(12-24(23)32(38)44)36(48)40(35(27)47)16-20-7-5-19(6-8-20)15-39(33(25)45)34(26)46/h1-12H,13-16H2. The van der Waals surface area contributed by atoms with Crippen LogP contribution < -0.4 is 44.5 Å². The van der Waals surface area contributed by atoms with Crippen LogP contribution in [-0.4, -0.2) is 18.3 Å². The van der Waals surface area contributed by atoms with Gasteiger partial charge in [0, 0.05) is 0 Å². The van der Waals surface area contributed by atoms with Gasteiger partial charge >= 0.3 is 0 Å². The summed E-state index contributed by atoms with van der Waals surface area (Å²) in [6.45, 7) is -0.337. The molecule has 10 aliphatic rings. The van der Waals surface area contributed by atoms with Crippen molar-refractivity contribution >= 4 is 43.1 Å². The van der Waals surface area contributed by atoms with Crippen molar-refractivity contribution < 1.29 is 0 Å². The first kappa shape index (κ1) is 27.7. The highest BCUT2D eigenvalue weighted by molar-refractivity contribution is 5.99. The van der Waals surface area contributed by atoms with E-state index in [1.54, 1.807) is 48.5 Å². The van der Waals surface area contributed by atoms with Gasteiger partial charge in [0.1, 0.15) is 0 Å². The lowest BCUT2D eigenvalue weighted by molar-refractivity contribution is 0.743. The highest BCUT2D eigenvalue weighted by Gasteiger charge is 2.22. The van der Waals surface area contributed by atoms with Crippen molar-refractivity contribution in [1.82, 2.24) is 18.3 Å². The molecule has 0 atom stereocenters. The molecule has 0 N–H and O–H groups in total. The highest BCUT2D eigenvalue weighted by atomic mass is 16.2. The van der Waals surface area contributed by atoms with Gasteiger partial charge in [-0.05, 0) is 46.5 Å². The van der Waals surface area contributed by atoms with Gasteiger partial charge in [0.2, 0.25) is 0 Å². The summed E-state index contributed by atoms with van der Waals surface area (Å²) < 4.78 is 4.17. The van der Waals surface area contributed by atoms with Gasteiger partial charge in [-0.25, -0.2) is 0 Å². The van der Waals surface area contributed by atoms with Crippen LogP contribution >= 0.6 is 0 Å². The Bertz CT molecular complexity index is 2580. The van der Waals surface area contributed by atoms with Gasteiger partial charge in [-0.3, -0.25) is 56.6 Å². The van der Waals surface area contributed by atoms with Gasteiger partial charge in [-0.2, -0.15) is 0 Å². The van der Waals surface area contributed by atoms with Gasteiger partial charge in [0.25, 0.3) is 44.5 Å². The molecule has 14 heterocycles. The Balaban J connectivity index is 1.26. The maximum Gasteiger partial charge on any atom is 0.261 e. The average Bonchev–Trinajstić information content (AvgIpc) is 3.65. The van der Waals surface area contributed by atoms with Crippen molar-refractivity contribution in [3.8, 4) is 0 Å². The third-order valence-electron chi connectivity index (χ3n) is 9.53. The quantitative estimate of drug-likeness (QED) is 0.235. The van der Waals surface area contributed by atoms with Crippen LogP contribution in [0.4, 0.5) is 0 Å². The zero-order valence-electron chi connectivity index (χ0n) is 24.8. The van der Waals surface area contributed by atoms with Gasteiger partial charge in [0.15, 0.2) is 0 Å². The Morgan fingerprint density at radius 2 is 0.417 bits per heavy atom. The van der Waals surface area contributed by atoms with Crippen molar-refractivity contribution in [3.63, 3.8) is 0 Å². The second-order valence-corrected chi connectivity index (χ2v) is 12.3. The Kier molecular flexibility index (Phi) is 5.48. The topological polar surface area (TPSA) is 156 Å². The Labute approximate surface area is 265 Å². The molecule has 0 fully saturated rings. The molecule has 10 aliphatic heterocycles. The lowest BCUT2D eigenvalue weighted by atomic mass is 10.1. The zero-order valence-corrected chi connectivity index (χ0v) is 24.8. The third-order valence-corrected chi connectivity index (χ3v) is 9.53. The second-order valence-electron chi connectivity index (χ2n) is 12.3. The molecule has 16 bridgehead atoms. The van der Waals surface area contributed by atoms with E-state index >= 15 is 0 Å². The first-order valence-electron chi connectivity index (χ1n) is 15.1. The fourth-order valence-corrected chi connectivity index (χ4v) is 6.95. The predicted molar refractivity (Wildman–Crippen MR) is 179 cm³/mol. The summed E-state index contributed by atoms with van der Waals surface area (Å²) in [5.74, 6) is 0. The van der Waals surface area contributed by atoms with Crippen LogP contribution in [0, 0.1) is 0 Å². The van der Waals surface area contributed by atoms with Crippen LogP contribution in [-0.2, 0) is 26.2 Å². The van der Waals surface area contributed by atoms with Gasteiger partial charge in [0.05, 0.1) is 69.3 Å². The number of nitrogens with zero attached hydrogens (tertiary/aromatic N) is 4. The van der Waals surface area contributed by atoms with E-state index in [0.717, 1.165) is 18.3 Å². The highest BCUT2D eigenvalue weighted by Crippen LogP contribution is 2.18. The molecule has 18 rings (SSSR count). The minimum Gasteiger partial charge on any atom is -0.270 e. The van der Waals surface area contributed by atoms with Crippen LogP contribution in [0.15, 0.2) is 111 Å². The molecule has 0 unspecified atom stereocenters. The van der Waals surface area contributed by atoms with E-state index in [9.17, 15) is 38.4 Å². The van der Waals surface area contributed by atoms with Gasteiger partial charge in [-0.1, -0.05) is 48.5 Å². The lowest BCUT2D eigenvalue weighted by Crippen LogP contribution is -2.27. The van der Waals surface area contributed by atoms with Crippen LogP contribution in [0.1, 0.15) is 22.3 Å². The summed E-state index contributed by atoms with van der Waals surface area (Å²) >= 11 is 0. The summed E-state index contributed by atoms with van der Waals surface area (Å²) in [6.07, 6.45) is 0. The van der Waals surface area contributed by atoms with Crippen molar-refractivity contribution in [3.05, 3.63) is 178 Å². The van der Waals surface area contributed by atoms with Crippen molar-refractivity contribution in [1.29, 1.82) is 0 Å². The summed E-state index contributed by atoms with van der Waals surface area (Å²) in [7, 11) is 0. The molecule has 0 spiro atoms. The summed E-state index contributed by atoms with van der Waals surface area (Å²) in [5.41, 5.74) is -2.35. The molecule has 0 radical (unpaired) electrons. The number of hydrogen-bond donors (Lipinski definition) is 0. The number of aromatic nitrogens is 4. The van der Waals surface area contributed by atoms with Crippen LogP contribution in [0.2, 0.25) is 0 Å². The number of hydrogen-bond acceptors (Lipinski definition) is 8. The van der Waals surface area contributed by atoms with E-state index in [2.05, 4.69) is 0 Å². The van der Waals surface area contributed by atoms with Crippen molar-refractivity contribution in [2.24, 2.45) is 0 Å². The molecule has 8 aromatic rings. The Hall–Kier alpha value is -6.56. The Morgan fingerprint density at radius 1 is 0.271 bits per heavy atom. The van der Waals surface area contributed by atoms with E-state index in [-0.39, 0.29) is 69.3 Å². The molecule has 4 aromatic heterocycles. The first-order chi connectivity index (χ1) is 23.1. The van der Waals surface area contributed by atoms with E-state index in [0.29, 0.717) is 22.3 Å². The number of benzene rings is 4.